The van der Waals surface area contributed by atoms with Gasteiger partial charge < -0.3 is 5.32 Å². The van der Waals surface area contributed by atoms with Gasteiger partial charge in [-0.3, -0.25) is 10.1 Å². The Bertz CT molecular complexity index is 1250. The summed E-state index contributed by atoms with van der Waals surface area (Å²) in [6.45, 7) is 3.80. The van der Waals surface area contributed by atoms with E-state index in [9.17, 15) is 4.79 Å². The molecule has 0 bridgehead atoms. The molecule has 2 N–H and O–H groups in total. The number of halogens is 1. The first-order chi connectivity index (χ1) is 13.9. The van der Waals surface area contributed by atoms with Gasteiger partial charge in [0.2, 0.25) is 4.96 Å². The number of nitrogens with zero attached hydrogens (tertiary/aromatic N) is 4. The van der Waals surface area contributed by atoms with Crippen molar-refractivity contribution in [3.05, 3.63) is 64.4 Å². The van der Waals surface area contributed by atoms with Crippen LogP contribution in [0.1, 0.15) is 21.7 Å². The molecule has 0 spiro atoms. The number of benzene rings is 2. The molecule has 7 nitrogen and oxygen atoms in total. The number of aryl methyl sites for hydroxylation is 2. The Balaban J connectivity index is 1.54. The maximum absolute atomic E-state index is 12.4. The van der Waals surface area contributed by atoms with Gasteiger partial charge in [-0.2, -0.15) is 9.61 Å². The molecule has 0 fully saturated rings. The zero-order valence-corrected chi connectivity index (χ0v) is 17.8. The van der Waals surface area contributed by atoms with E-state index >= 15 is 0 Å². The van der Waals surface area contributed by atoms with Crippen molar-refractivity contribution in [1.82, 2.24) is 25.1 Å². The molecule has 1 amide bonds. The van der Waals surface area contributed by atoms with E-state index in [1.165, 1.54) is 11.3 Å². The summed E-state index contributed by atoms with van der Waals surface area (Å²) >= 11 is 12.8. The maximum Gasteiger partial charge on any atom is 0.258 e. The van der Waals surface area contributed by atoms with Crippen LogP contribution in [-0.4, -0.2) is 30.8 Å². The van der Waals surface area contributed by atoms with Crippen LogP contribution in [0.15, 0.2) is 42.5 Å². The highest BCUT2D eigenvalue weighted by Crippen LogP contribution is 2.29. The van der Waals surface area contributed by atoms with E-state index in [-0.39, 0.29) is 11.0 Å². The summed E-state index contributed by atoms with van der Waals surface area (Å²) in [5.41, 5.74) is 3.02. The Kier molecular flexibility index (Phi) is 5.27. The van der Waals surface area contributed by atoms with Gasteiger partial charge in [-0.05, 0) is 49.8 Å². The topological polar surface area (TPSA) is 84.2 Å². The first-order valence-electron chi connectivity index (χ1n) is 8.59. The van der Waals surface area contributed by atoms with Crippen molar-refractivity contribution in [2.75, 3.05) is 5.32 Å². The molecular formula is C19H15ClN6OS2. The zero-order valence-electron chi connectivity index (χ0n) is 15.4. The standard InChI is InChI=1S/C19H15ClN6OS2/c1-10-7-8-12(17-25-26-11(2)23-24-19(26)29-17)9-15(10)21-18(28)22-16(27)13-5-3-4-6-14(13)20/h3-9H,1-2H3,(H2,21,22,27,28). The fourth-order valence-corrected chi connectivity index (χ4v) is 4.00. The van der Waals surface area contributed by atoms with Gasteiger partial charge in [-0.25, -0.2) is 0 Å². The van der Waals surface area contributed by atoms with Crippen LogP contribution in [0.4, 0.5) is 5.69 Å². The summed E-state index contributed by atoms with van der Waals surface area (Å²) in [5.74, 6) is 0.363. The zero-order chi connectivity index (χ0) is 20.5. The van der Waals surface area contributed by atoms with Crippen LogP contribution in [0, 0.1) is 13.8 Å². The van der Waals surface area contributed by atoms with Crippen LogP contribution >= 0.6 is 35.2 Å². The summed E-state index contributed by atoms with van der Waals surface area (Å²) in [4.78, 5) is 13.1. The van der Waals surface area contributed by atoms with Crippen LogP contribution in [0.3, 0.4) is 0 Å². The van der Waals surface area contributed by atoms with Crippen molar-refractivity contribution >= 4 is 56.8 Å². The summed E-state index contributed by atoms with van der Waals surface area (Å²) in [7, 11) is 0. The van der Waals surface area contributed by atoms with Crippen LogP contribution in [0.5, 0.6) is 0 Å². The van der Waals surface area contributed by atoms with Crippen molar-refractivity contribution in [2.45, 2.75) is 13.8 Å². The maximum atomic E-state index is 12.4. The van der Waals surface area contributed by atoms with Gasteiger partial charge in [-0.1, -0.05) is 47.2 Å². The molecule has 0 aliphatic rings. The number of anilines is 1. The van der Waals surface area contributed by atoms with Crippen molar-refractivity contribution in [2.24, 2.45) is 0 Å². The van der Waals surface area contributed by atoms with E-state index in [4.69, 9.17) is 23.8 Å². The lowest BCUT2D eigenvalue weighted by atomic mass is 10.1. The third-order valence-electron chi connectivity index (χ3n) is 4.23. The van der Waals surface area contributed by atoms with E-state index in [1.54, 1.807) is 28.8 Å². The normalized spacial score (nSPS) is 10.9. The third-order valence-corrected chi connectivity index (χ3v) is 5.71. The first-order valence-corrected chi connectivity index (χ1v) is 10.2. The lowest BCUT2D eigenvalue weighted by molar-refractivity contribution is 0.0978. The lowest BCUT2D eigenvalue weighted by Gasteiger charge is -2.13. The predicted molar refractivity (Wildman–Crippen MR) is 119 cm³/mol. The highest BCUT2D eigenvalue weighted by Gasteiger charge is 2.14. The Morgan fingerprint density at radius 1 is 1.17 bits per heavy atom. The Hall–Kier alpha value is -2.88. The van der Waals surface area contributed by atoms with E-state index in [2.05, 4.69) is 25.9 Å². The minimum atomic E-state index is -0.369. The molecule has 0 radical (unpaired) electrons. The third kappa shape index (κ3) is 3.98. The van der Waals surface area contributed by atoms with Crippen molar-refractivity contribution < 1.29 is 4.79 Å². The van der Waals surface area contributed by atoms with Crippen LogP contribution in [-0.2, 0) is 0 Å². The van der Waals surface area contributed by atoms with Crippen molar-refractivity contribution in [3.63, 3.8) is 0 Å². The fourth-order valence-electron chi connectivity index (χ4n) is 2.69. The van der Waals surface area contributed by atoms with Crippen molar-refractivity contribution in [1.29, 1.82) is 0 Å². The molecule has 29 heavy (non-hydrogen) atoms. The SMILES string of the molecule is Cc1ccc(-c2nn3c(C)nnc3s2)cc1NC(=S)NC(=O)c1ccccc1Cl. The second-order valence-corrected chi connectivity index (χ2v) is 8.04. The minimum Gasteiger partial charge on any atom is -0.332 e. The van der Waals surface area contributed by atoms with Gasteiger partial charge >= 0.3 is 0 Å². The predicted octanol–water partition coefficient (Wildman–Crippen LogP) is 4.25. The number of hydrogen-bond acceptors (Lipinski definition) is 6. The largest absolute Gasteiger partial charge is 0.332 e. The second-order valence-electron chi connectivity index (χ2n) is 6.27. The fraction of sp³-hybridized carbons (Fsp3) is 0.105. The van der Waals surface area contributed by atoms with E-state index < -0.39 is 0 Å². The number of nitrogens with one attached hydrogen (secondary N) is 2. The molecule has 2 heterocycles. The second kappa shape index (κ2) is 7.86. The molecule has 4 rings (SSSR count). The number of aromatic nitrogens is 4. The van der Waals surface area contributed by atoms with Crippen LogP contribution in [0.2, 0.25) is 5.02 Å². The smallest absolute Gasteiger partial charge is 0.258 e. The average molecular weight is 443 g/mol. The van der Waals surface area contributed by atoms with Gasteiger partial charge in [0.05, 0.1) is 10.6 Å². The molecule has 4 aromatic rings. The molecule has 0 saturated carbocycles. The van der Waals surface area contributed by atoms with Gasteiger partial charge in [0.25, 0.3) is 5.91 Å². The van der Waals surface area contributed by atoms with Gasteiger partial charge in [0.15, 0.2) is 10.9 Å². The molecule has 2 aromatic heterocycles. The molecule has 2 aromatic carbocycles. The highest BCUT2D eigenvalue weighted by atomic mass is 35.5. The summed E-state index contributed by atoms with van der Waals surface area (Å²) in [6.07, 6.45) is 0. The van der Waals surface area contributed by atoms with E-state index in [0.29, 0.717) is 10.6 Å². The molecule has 10 heteroatoms. The summed E-state index contributed by atoms with van der Waals surface area (Å²) in [5, 5.41) is 19.8. The van der Waals surface area contributed by atoms with Crippen molar-refractivity contribution in [3.8, 4) is 10.6 Å². The molecule has 0 aliphatic heterocycles. The molecule has 0 unspecified atom stereocenters. The Morgan fingerprint density at radius 2 is 1.97 bits per heavy atom. The number of amides is 1. The number of hydrogen-bond donors (Lipinski definition) is 2. The molecule has 0 atom stereocenters. The van der Waals surface area contributed by atoms with Gasteiger partial charge in [0, 0.05) is 11.3 Å². The number of fused-ring (bicyclic) bond motifs is 1. The first kappa shape index (κ1) is 19.4. The summed E-state index contributed by atoms with van der Waals surface area (Å²) < 4.78 is 1.71. The molecule has 0 aliphatic carbocycles. The monoisotopic (exact) mass is 442 g/mol. The van der Waals surface area contributed by atoms with Gasteiger partial charge in [-0.15, -0.1) is 10.2 Å². The van der Waals surface area contributed by atoms with Crippen LogP contribution < -0.4 is 10.6 Å². The number of thiocarbonyl (C=S) groups is 1. The highest BCUT2D eigenvalue weighted by molar-refractivity contribution is 7.80. The Morgan fingerprint density at radius 3 is 2.72 bits per heavy atom. The number of carbonyl (C=O) groups is 1. The van der Waals surface area contributed by atoms with Gasteiger partial charge in [0.1, 0.15) is 5.01 Å². The minimum absolute atomic E-state index is 0.184. The average Bonchev–Trinajstić information content (AvgIpc) is 3.26. The number of carbonyl (C=O) groups excluding carboxylic acids is 1. The molecular weight excluding hydrogens is 428 g/mol. The Labute approximate surface area is 180 Å². The molecule has 0 saturated heterocycles. The lowest BCUT2D eigenvalue weighted by Crippen LogP contribution is -2.34. The van der Waals surface area contributed by atoms with E-state index in [0.717, 1.165) is 32.6 Å². The quantitative estimate of drug-likeness (QED) is 0.461. The molecule has 146 valence electrons. The number of rotatable bonds is 3. The van der Waals surface area contributed by atoms with E-state index in [1.807, 2.05) is 32.0 Å². The van der Waals surface area contributed by atoms with Crippen LogP contribution in [0.25, 0.3) is 15.5 Å². The summed E-state index contributed by atoms with van der Waals surface area (Å²) in [6, 6.07) is 12.7.